The van der Waals surface area contributed by atoms with Crippen LogP contribution in [-0.4, -0.2) is 18.0 Å². The van der Waals surface area contributed by atoms with E-state index in [4.69, 9.17) is 5.73 Å². The molecule has 1 aliphatic carbocycles. The van der Waals surface area contributed by atoms with Gasteiger partial charge < -0.3 is 11.1 Å². The number of nitrogens with two attached hydrogens (primary N) is 1. The molecule has 0 bridgehead atoms. The Labute approximate surface area is 115 Å². The molecule has 1 saturated carbocycles. The molecular formula is C16H24N2O. The molecule has 2 rings (SSSR count). The van der Waals surface area contributed by atoms with Gasteiger partial charge in [0.1, 0.15) is 0 Å². The van der Waals surface area contributed by atoms with Crippen LogP contribution in [0.2, 0.25) is 0 Å². The molecule has 1 aromatic carbocycles. The van der Waals surface area contributed by atoms with E-state index in [1.54, 1.807) is 0 Å². The minimum Gasteiger partial charge on any atom is -0.353 e. The van der Waals surface area contributed by atoms with E-state index in [-0.39, 0.29) is 23.9 Å². The van der Waals surface area contributed by atoms with Crippen LogP contribution in [-0.2, 0) is 11.2 Å². The lowest BCUT2D eigenvalue weighted by atomic mass is 10.00. The van der Waals surface area contributed by atoms with Crippen molar-refractivity contribution in [3.05, 3.63) is 35.4 Å². The zero-order valence-electron chi connectivity index (χ0n) is 11.9. The summed E-state index contributed by atoms with van der Waals surface area (Å²) in [4.78, 5) is 12.2. The van der Waals surface area contributed by atoms with Crippen LogP contribution in [0.15, 0.2) is 24.3 Å². The van der Waals surface area contributed by atoms with Gasteiger partial charge in [0.05, 0.1) is 5.92 Å². The lowest BCUT2D eigenvalue weighted by Crippen LogP contribution is -2.43. The lowest BCUT2D eigenvalue weighted by Gasteiger charge is -2.20. The highest BCUT2D eigenvalue weighted by atomic mass is 16.2. The number of hydrogen-bond donors (Lipinski definition) is 2. The van der Waals surface area contributed by atoms with Gasteiger partial charge in [-0.05, 0) is 44.2 Å². The van der Waals surface area contributed by atoms with E-state index in [2.05, 4.69) is 31.3 Å². The Bertz CT molecular complexity index is 444. The first-order chi connectivity index (χ1) is 9.08. The van der Waals surface area contributed by atoms with Crippen molar-refractivity contribution in [1.29, 1.82) is 0 Å². The van der Waals surface area contributed by atoms with Gasteiger partial charge in [0.15, 0.2) is 0 Å². The fourth-order valence-electron chi connectivity index (χ4n) is 2.88. The Balaban J connectivity index is 1.89. The molecule has 0 heterocycles. The molecule has 1 fully saturated rings. The van der Waals surface area contributed by atoms with Crippen molar-refractivity contribution in [2.24, 2.45) is 11.7 Å². The lowest BCUT2D eigenvalue weighted by molar-refractivity contribution is -0.125. The second kappa shape index (κ2) is 6.20. The van der Waals surface area contributed by atoms with Crippen molar-refractivity contribution in [2.45, 2.75) is 51.6 Å². The van der Waals surface area contributed by atoms with Gasteiger partial charge >= 0.3 is 0 Å². The Morgan fingerprint density at radius 3 is 2.79 bits per heavy atom. The summed E-state index contributed by atoms with van der Waals surface area (Å²) in [6, 6.07) is 8.52. The molecular weight excluding hydrogens is 236 g/mol. The quantitative estimate of drug-likeness (QED) is 0.871. The van der Waals surface area contributed by atoms with Crippen molar-refractivity contribution in [2.75, 3.05) is 0 Å². The normalized spacial score (nSPS) is 24.2. The van der Waals surface area contributed by atoms with Gasteiger partial charge in [0.2, 0.25) is 5.91 Å². The second-order valence-corrected chi connectivity index (χ2v) is 5.74. The van der Waals surface area contributed by atoms with Crippen molar-refractivity contribution in [1.82, 2.24) is 5.32 Å². The summed E-state index contributed by atoms with van der Waals surface area (Å²) in [5, 5.41) is 3.11. The number of rotatable bonds is 4. The van der Waals surface area contributed by atoms with E-state index >= 15 is 0 Å². The number of benzene rings is 1. The highest BCUT2D eigenvalue weighted by molar-refractivity contribution is 5.80. The highest BCUT2D eigenvalue weighted by Crippen LogP contribution is 2.24. The fourth-order valence-corrected chi connectivity index (χ4v) is 2.88. The molecule has 3 heteroatoms. The first-order valence-corrected chi connectivity index (χ1v) is 7.18. The predicted molar refractivity (Wildman–Crippen MR) is 77.8 cm³/mol. The van der Waals surface area contributed by atoms with E-state index < -0.39 is 0 Å². The van der Waals surface area contributed by atoms with Crippen molar-refractivity contribution in [3.8, 4) is 0 Å². The molecule has 19 heavy (non-hydrogen) atoms. The van der Waals surface area contributed by atoms with E-state index in [0.717, 1.165) is 25.7 Å². The monoisotopic (exact) mass is 260 g/mol. The zero-order chi connectivity index (χ0) is 13.8. The van der Waals surface area contributed by atoms with Gasteiger partial charge in [0.25, 0.3) is 0 Å². The second-order valence-electron chi connectivity index (χ2n) is 5.74. The standard InChI is InChI=1S/C16H24N2O/c1-11-6-3-4-7-13(11)10-12(2)18-16(19)14-8-5-9-15(14)17/h3-4,6-7,12,14-15H,5,8-10,17H2,1-2H3,(H,18,19). The number of nitrogens with one attached hydrogen (secondary N) is 1. The Morgan fingerprint density at radius 1 is 1.42 bits per heavy atom. The molecule has 0 aliphatic heterocycles. The third kappa shape index (κ3) is 3.57. The van der Waals surface area contributed by atoms with Gasteiger partial charge in [-0.2, -0.15) is 0 Å². The van der Waals surface area contributed by atoms with Crippen LogP contribution in [0.1, 0.15) is 37.3 Å². The summed E-state index contributed by atoms with van der Waals surface area (Å²) >= 11 is 0. The van der Waals surface area contributed by atoms with Crippen molar-refractivity contribution in [3.63, 3.8) is 0 Å². The van der Waals surface area contributed by atoms with Crippen LogP contribution in [0.5, 0.6) is 0 Å². The number of hydrogen-bond acceptors (Lipinski definition) is 2. The summed E-state index contributed by atoms with van der Waals surface area (Å²) in [5.41, 5.74) is 8.55. The summed E-state index contributed by atoms with van der Waals surface area (Å²) in [7, 11) is 0. The maximum absolute atomic E-state index is 12.2. The van der Waals surface area contributed by atoms with Crippen molar-refractivity contribution < 1.29 is 4.79 Å². The van der Waals surface area contributed by atoms with Crippen molar-refractivity contribution >= 4 is 5.91 Å². The maximum Gasteiger partial charge on any atom is 0.224 e. The molecule has 0 radical (unpaired) electrons. The molecule has 3 nitrogen and oxygen atoms in total. The largest absolute Gasteiger partial charge is 0.353 e. The summed E-state index contributed by atoms with van der Waals surface area (Å²) in [6.45, 7) is 4.17. The Hall–Kier alpha value is -1.35. The van der Waals surface area contributed by atoms with Gasteiger partial charge in [0, 0.05) is 12.1 Å². The van der Waals surface area contributed by atoms with E-state index in [1.165, 1.54) is 11.1 Å². The number of aryl methyl sites for hydroxylation is 1. The average Bonchev–Trinajstić information content (AvgIpc) is 2.78. The molecule has 104 valence electrons. The molecule has 0 saturated heterocycles. The molecule has 1 aliphatic rings. The molecule has 3 atom stereocenters. The maximum atomic E-state index is 12.2. The predicted octanol–water partition coefficient (Wildman–Crippen LogP) is 2.17. The Morgan fingerprint density at radius 2 is 2.16 bits per heavy atom. The molecule has 1 aromatic rings. The van der Waals surface area contributed by atoms with Crippen LogP contribution in [0.4, 0.5) is 0 Å². The molecule has 3 unspecified atom stereocenters. The number of amides is 1. The summed E-state index contributed by atoms with van der Waals surface area (Å²) in [5.74, 6) is 0.144. The van der Waals surface area contributed by atoms with E-state index in [9.17, 15) is 4.79 Å². The van der Waals surface area contributed by atoms with Gasteiger partial charge in [-0.1, -0.05) is 30.7 Å². The first kappa shape index (κ1) is 14.1. The topological polar surface area (TPSA) is 55.1 Å². The Kier molecular flexibility index (Phi) is 4.59. The summed E-state index contributed by atoms with van der Waals surface area (Å²) < 4.78 is 0. The third-order valence-corrected chi connectivity index (χ3v) is 4.08. The molecule has 1 amide bonds. The molecule has 3 N–H and O–H groups in total. The van der Waals surface area contributed by atoms with E-state index in [1.807, 2.05) is 12.1 Å². The smallest absolute Gasteiger partial charge is 0.224 e. The number of carbonyl (C=O) groups excluding carboxylic acids is 1. The van der Waals surface area contributed by atoms with E-state index in [0.29, 0.717) is 0 Å². The van der Waals surface area contributed by atoms with Crippen LogP contribution in [0, 0.1) is 12.8 Å². The van der Waals surface area contributed by atoms with Crippen LogP contribution < -0.4 is 11.1 Å². The van der Waals surface area contributed by atoms with Gasteiger partial charge in [-0.3, -0.25) is 4.79 Å². The SMILES string of the molecule is Cc1ccccc1CC(C)NC(=O)C1CCCC1N. The fraction of sp³-hybridized carbons (Fsp3) is 0.562. The number of carbonyl (C=O) groups is 1. The minimum atomic E-state index is 0.0133. The van der Waals surface area contributed by atoms with Gasteiger partial charge in [-0.25, -0.2) is 0 Å². The van der Waals surface area contributed by atoms with Crippen LogP contribution in [0.3, 0.4) is 0 Å². The molecule has 0 spiro atoms. The molecule has 0 aromatic heterocycles. The van der Waals surface area contributed by atoms with Crippen LogP contribution in [0.25, 0.3) is 0 Å². The first-order valence-electron chi connectivity index (χ1n) is 7.18. The van der Waals surface area contributed by atoms with Crippen LogP contribution >= 0.6 is 0 Å². The zero-order valence-corrected chi connectivity index (χ0v) is 11.9. The third-order valence-electron chi connectivity index (χ3n) is 4.08. The minimum absolute atomic E-state index is 0.0133. The summed E-state index contributed by atoms with van der Waals surface area (Å²) in [6.07, 6.45) is 3.86. The highest BCUT2D eigenvalue weighted by Gasteiger charge is 2.30. The average molecular weight is 260 g/mol. The van der Waals surface area contributed by atoms with Gasteiger partial charge in [-0.15, -0.1) is 0 Å².